The Labute approximate surface area is 109 Å². The van der Waals surface area contributed by atoms with E-state index in [9.17, 15) is 0 Å². The third kappa shape index (κ3) is 3.34. The summed E-state index contributed by atoms with van der Waals surface area (Å²) in [4.78, 5) is 0. The van der Waals surface area contributed by atoms with Gasteiger partial charge in [-0.1, -0.05) is 48.6 Å². The maximum Gasteiger partial charge on any atom is 0.0420 e. The van der Waals surface area contributed by atoms with Gasteiger partial charge in [0.05, 0.1) is 0 Å². The highest BCUT2D eigenvalue weighted by atomic mass is 14.9. The summed E-state index contributed by atoms with van der Waals surface area (Å²) in [5, 5.41) is 9.36. The maximum atomic E-state index is 3.87. The van der Waals surface area contributed by atoms with Crippen molar-refractivity contribution < 1.29 is 0 Å². The minimum Gasteiger partial charge on any atom is -0.383 e. The lowest BCUT2D eigenvalue weighted by molar-refractivity contribution is 0.753. The van der Waals surface area contributed by atoms with E-state index in [2.05, 4.69) is 59.7 Å². The molecule has 2 nitrogen and oxygen atoms in total. The fraction of sp³-hybridized carbons (Fsp3) is 0.250. The summed E-state index contributed by atoms with van der Waals surface area (Å²) in [6.45, 7) is 8.65. The van der Waals surface area contributed by atoms with Gasteiger partial charge in [-0.3, -0.25) is 0 Å². The number of hydrogen-bond donors (Lipinski definition) is 2. The zero-order valence-corrected chi connectivity index (χ0v) is 10.9. The van der Waals surface area contributed by atoms with E-state index in [0.29, 0.717) is 0 Å². The van der Waals surface area contributed by atoms with Gasteiger partial charge >= 0.3 is 0 Å². The van der Waals surface area contributed by atoms with Crippen LogP contribution in [0.3, 0.4) is 0 Å². The molecule has 0 spiro atoms. The van der Waals surface area contributed by atoms with Gasteiger partial charge in [-0.05, 0) is 18.4 Å². The average molecular weight is 240 g/mol. The fourth-order valence-corrected chi connectivity index (χ4v) is 1.97. The number of benzene rings is 2. The molecule has 2 N–H and O–H groups in total. The number of anilines is 1. The SMILES string of the molecule is C=C(C)CNCCNc1cccc2ccccc12. The van der Waals surface area contributed by atoms with Crippen LogP contribution in [-0.4, -0.2) is 19.6 Å². The van der Waals surface area contributed by atoms with Crippen molar-refractivity contribution in [3.05, 3.63) is 54.6 Å². The van der Waals surface area contributed by atoms with Crippen LogP contribution in [0.25, 0.3) is 10.8 Å². The molecule has 0 saturated carbocycles. The van der Waals surface area contributed by atoms with Gasteiger partial charge in [0, 0.05) is 30.7 Å². The molecule has 0 bridgehead atoms. The quantitative estimate of drug-likeness (QED) is 0.597. The molecule has 0 aliphatic heterocycles. The van der Waals surface area contributed by atoms with Gasteiger partial charge in [0.25, 0.3) is 0 Å². The van der Waals surface area contributed by atoms with Crippen molar-refractivity contribution in [2.45, 2.75) is 6.92 Å². The Hall–Kier alpha value is -1.80. The smallest absolute Gasteiger partial charge is 0.0420 e. The van der Waals surface area contributed by atoms with E-state index < -0.39 is 0 Å². The molecule has 0 aliphatic carbocycles. The second kappa shape index (κ2) is 6.22. The summed E-state index contributed by atoms with van der Waals surface area (Å²) >= 11 is 0. The summed E-state index contributed by atoms with van der Waals surface area (Å²) in [6.07, 6.45) is 0. The van der Waals surface area contributed by atoms with Crippen LogP contribution in [0.5, 0.6) is 0 Å². The van der Waals surface area contributed by atoms with Crippen LogP contribution in [0.4, 0.5) is 5.69 Å². The minimum atomic E-state index is 0.886. The predicted molar refractivity (Wildman–Crippen MR) is 80.1 cm³/mol. The normalized spacial score (nSPS) is 10.5. The maximum absolute atomic E-state index is 3.87. The topological polar surface area (TPSA) is 24.1 Å². The monoisotopic (exact) mass is 240 g/mol. The first-order valence-corrected chi connectivity index (χ1v) is 6.34. The highest BCUT2D eigenvalue weighted by Gasteiger charge is 1.98. The Balaban J connectivity index is 1.93. The summed E-state index contributed by atoms with van der Waals surface area (Å²) in [7, 11) is 0. The minimum absolute atomic E-state index is 0.886. The van der Waals surface area contributed by atoms with E-state index in [0.717, 1.165) is 19.6 Å². The zero-order chi connectivity index (χ0) is 12.8. The predicted octanol–water partition coefficient (Wildman–Crippen LogP) is 3.42. The van der Waals surface area contributed by atoms with Crippen molar-refractivity contribution in [2.75, 3.05) is 25.0 Å². The van der Waals surface area contributed by atoms with Crippen molar-refractivity contribution in [3.8, 4) is 0 Å². The largest absolute Gasteiger partial charge is 0.383 e. The first-order valence-electron chi connectivity index (χ1n) is 6.34. The molecule has 0 saturated heterocycles. The molecule has 2 aromatic rings. The van der Waals surface area contributed by atoms with E-state index in [-0.39, 0.29) is 0 Å². The molecule has 0 atom stereocenters. The van der Waals surface area contributed by atoms with Crippen molar-refractivity contribution in [1.29, 1.82) is 0 Å². The third-order valence-electron chi connectivity index (χ3n) is 2.83. The second-order valence-corrected chi connectivity index (χ2v) is 4.59. The second-order valence-electron chi connectivity index (χ2n) is 4.59. The van der Waals surface area contributed by atoms with Gasteiger partial charge in [-0.15, -0.1) is 0 Å². The van der Waals surface area contributed by atoms with Crippen LogP contribution in [0.1, 0.15) is 6.92 Å². The third-order valence-corrected chi connectivity index (χ3v) is 2.83. The molecule has 0 radical (unpaired) electrons. The van der Waals surface area contributed by atoms with Crippen LogP contribution in [0.15, 0.2) is 54.6 Å². The van der Waals surface area contributed by atoms with Crippen molar-refractivity contribution in [2.24, 2.45) is 0 Å². The van der Waals surface area contributed by atoms with Crippen molar-refractivity contribution in [3.63, 3.8) is 0 Å². The van der Waals surface area contributed by atoms with Crippen LogP contribution in [0.2, 0.25) is 0 Å². The van der Waals surface area contributed by atoms with Gasteiger partial charge in [0.1, 0.15) is 0 Å². The molecule has 2 rings (SSSR count). The molecule has 0 aliphatic rings. The summed E-state index contributed by atoms with van der Waals surface area (Å²) < 4.78 is 0. The lowest BCUT2D eigenvalue weighted by Gasteiger charge is -2.10. The van der Waals surface area contributed by atoms with Gasteiger partial charge in [0.15, 0.2) is 0 Å². The van der Waals surface area contributed by atoms with Crippen LogP contribution >= 0.6 is 0 Å². The van der Waals surface area contributed by atoms with Gasteiger partial charge in [0.2, 0.25) is 0 Å². The van der Waals surface area contributed by atoms with Gasteiger partial charge in [-0.25, -0.2) is 0 Å². The fourth-order valence-electron chi connectivity index (χ4n) is 1.97. The Kier molecular flexibility index (Phi) is 4.37. The Morgan fingerprint density at radius 2 is 1.83 bits per heavy atom. The molecule has 0 aromatic heterocycles. The molecule has 94 valence electrons. The Morgan fingerprint density at radius 1 is 1.06 bits per heavy atom. The average Bonchev–Trinajstić information content (AvgIpc) is 2.38. The Morgan fingerprint density at radius 3 is 2.67 bits per heavy atom. The van der Waals surface area contributed by atoms with E-state index in [4.69, 9.17) is 0 Å². The molecule has 2 heteroatoms. The summed E-state index contributed by atoms with van der Waals surface area (Å²) in [6, 6.07) is 14.8. The molecule has 0 heterocycles. The molecular weight excluding hydrogens is 220 g/mol. The van der Waals surface area contributed by atoms with Gasteiger partial charge < -0.3 is 10.6 Å². The van der Waals surface area contributed by atoms with Crippen LogP contribution < -0.4 is 10.6 Å². The number of hydrogen-bond acceptors (Lipinski definition) is 2. The first-order chi connectivity index (χ1) is 8.77. The number of fused-ring (bicyclic) bond motifs is 1. The highest BCUT2D eigenvalue weighted by Crippen LogP contribution is 2.22. The molecule has 0 unspecified atom stereocenters. The zero-order valence-electron chi connectivity index (χ0n) is 10.9. The number of nitrogens with one attached hydrogen (secondary N) is 2. The van der Waals surface area contributed by atoms with E-state index >= 15 is 0 Å². The lowest BCUT2D eigenvalue weighted by Crippen LogP contribution is -2.23. The molecule has 18 heavy (non-hydrogen) atoms. The van der Waals surface area contributed by atoms with Gasteiger partial charge in [-0.2, -0.15) is 0 Å². The lowest BCUT2D eigenvalue weighted by atomic mass is 10.1. The number of rotatable bonds is 6. The molecule has 2 aromatic carbocycles. The Bertz CT molecular complexity index is 526. The molecular formula is C16H20N2. The van der Waals surface area contributed by atoms with E-state index in [1.807, 2.05) is 6.92 Å². The van der Waals surface area contributed by atoms with E-state index in [1.165, 1.54) is 22.0 Å². The highest BCUT2D eigenvalue weighted by molar-refractivity contribution is 5.93. The standard InChI is InChI=1S/C16H20N2/c1-13(2)12-17-10-11-18-16-9-5-7-14-6-3-4-8-15(14)16/h3-9,17-18H,1,10-12H2,2H3. The van der Waals surface area contributed by atoms with Crippen molar-refractivity contribution in [1.82, 2.24) is 5.32 Å². The first kappa shape index (κ1) is 12.7. The van der Waals surface area contributed by atoms with Crippen LogP contribution in [0, 0.1) is 0 Å². The molecule has 0 fully saturated rings. The summed E-state index contributed by atoms with van der Waals surface area (Å²) in [5.41, 5.74) is 2.37. The summed E-state index contributed by atoms with van der Waals surface area (Å²) in [5.74, 6) is 0. The molecule has 0 amide bonds. The van der Waals surface area contributed by atoms with Crippen LogP contribution in [-0.2, 0) is 0 Å². The van der Waals surface area contributed by atoms with E-state index in [1.54, 1.807) is 0 Å². The van der Waals surface area contributed by atoms with Crippen molar-refractivity contribution >= 4 is 16.5 Å².